The third-order valence-corrected chi connectivity index (χ3v) is 2.47. The van der Waals surface area contributed by atoms with Crippen molar-refractivity contribution < 1.29 is 19.7 Å². The van der Waals surface area contributed by atoms with Crippen LogP contribution in [0.15, 0.2) is 30.3 Å². The Morgan fingerprint density at radius 1 is 1.33 bits per heavy atom. The number of carboxylic acid groups (broad SMARTS) is 1. The number of rotatable bonds is 5. The number of benzene rings is 1. The maximum Gasteiger partial charge on any atom is 0.354 e. The molecule has 1 heterocycles. The number of carbonyl (C=O) groups is 1. The van der Waals surface area contributed by atoms with E-state index in [4.69, 9.17) is 14.9 Å². The zero-order chi connectivity index (χ0) is 13.0. The molecule has 5 heteroatoms. The van der Waals surface area contributed by atoms with E-state index in [1.165, 1.54) is 6.07 Å². The van der Waals surface area contributed by atoms with Crippen molar-refractivity contribution in [3.63, 3.8) is 0 Å². The lowest BCUT2D eigenvalue weighted by atomic mass is 10.1. The Morgan fingerprint density at radius 2 is 2.11 bits per heavy atom. The zero-order valence-electron chi connectivity index (χ0n) is 9.67. The number of hydrogen-bond donors (Lipinski definition) is 2. The fourth-order valence-corrected chi connectivity index (χ4v) is 1.62. The molecule has 1 aromatic carbocycles. The van der Waals surface area contributed by atoms with Gasteiger partial charge in [-0.3, -0.25) is 0 Å². The lowest BCUT2D eigenvalue weighted by molar-refractivity contribution is 0.0689. The molecule has 0 aliphatic carbocycles. The van der Waals surface area contributed by atoms with E-state index in [1.807, 2.05) is 24.3 Å². The highest BCUT2D eigenvalue weighted by Gasteiger charge is 2.11. The Morgan fingerprint density at radius 3 is 2.83 bits per heavy atom. The highest BCUT2D eigenvalue weighted by Crippen LogP contribution is 2.24. The highest BCUT2D eigenvalue weighted by molar-refractivity contribution is 5.94. The zero-order valence-corrected chi connectivity index (χ0v) is 9.67. The van der Waals surface area contributed by atoms with Crippen molar-refractivity contribution in [3.8, 4) is 5.88 Å². The molecule has 5 nitrogen and oxygen atoms in total. The van der Waals surface area contributed by atoms with Crippen LogP contribution in [0.4, 0.5) is 0 Å². The van der Waals surface area contributed by atoms with E-state index in [0.29, 0.717) is 18.9 Å². The van der Waals surface area contributed by atoms with Crippen molar-refractivity contribution in [1.82, 2.24) is 4.98 Å². The highest BCUT2D eigenvalue weighted by atomic mass is 16.5. The van der Waals surface area contributed by atoms with Crippen molar-refractivity contribution >= 4 is 16.7 Å². The predicted molar refractivity (Wildman–Crippen MR) is 65.9 cm³/mol. The van der Waals surface area contributed by atoms with Gasteiger partial charge in [-0.25, -0.2) is 9.78 Å². The molecule has 0 aliphatic heterocycles. The van der Waals surface area contributed by atoms with Crippen LogP contribution in [0.1, 0.15) is 16.9 Å². The number of aliphatic hydroxyl groups is 1. The summed E-state index contributed by atoms with van der Waals surface area (Å²) < 4.78 is 5.42. The van der Waals surface area contributed by atoms with E-state index in [2.05, 4.69) is 4.98 Å². The molecule has 0 aliphatic rings. The van der Waals surface area contributed by atoms with Crippen LogP contribution in [0.5, 0.6) is 5.88 Å². The van der Waals surface area contributed by atoms with Crippen LogP contribution in [0.25, 0.3) is 10.8 Å². The van der Waals surface area contributed by atoms with Gasteiger partial charge in [-0.2, -0.15) is 0 Å². The van der Waals surface area contributed by atoms with E-state index >= 15 is 0 Å². The Bertz CT molecular complexity index is 568. The molecule has 2 rings (SSSR count). The molecule has 0 unspecified atom stereocenters. The van der Waals surface area contributed by atoms with Crippen molar-refractivity contribution in [2.45, 2.75) is 6.42 Å². The number of fused-ring (bicyclic) bond motifs is 1. The first-order valence-electron chi connectivity index (χ1n) is 5.59. The summed E-state index contributed by atoms with van der Waals surface area (Å²) in [5, 5.41) is 19.2. The first kappa shape index (κ1) is 12.3. The van der Waals surface area contributed by atoms with Gasteiger partial charge in [0.05, 0.1) is 6.61 Å². The summed E-state index contributed by atoms with van der Waals surface area (Å²) in [6, 6.07) is 8.80. The van der Waals surface area contributed by atoms with Gasteiger partial charge in [0.1, 0.15) is 0 Å². The third kappa shape index (κ3) is 2.57. The molecular formula is C13H13NO4. The first-order chi connectivity index (χ1) is 8.72. The Labute approximate surface area is 104 Å². The van der Waals surface area contributed by atoms with Crippen LogP contribution in [0.2, 0.25) is 0 Å². The lowest BCUT2D eigenvalue weighted by Gasteiger charge is -2.08. The molecule has 0 radical (unpaired) electrons. The SMILES string of the molecule is O=C(O)c1cc2ccccc2c(OCCCO)n1. The predicted octanol–water partition coefficient (Wildman–Crippen LogP) is 1.69. The summed E-state index contributed by atoms with van der Waals surface area (Å²) in [5.41, 5.74) is -0.0484. The number of ether oxygens (including phenoxy) is 1. The Balaban J connectivity index is 2.43. The van der Waals surface area contributed by atoms with Gasteiger partial charge in [-0.15, -0.1) is 0 Å². The average Bonchev–Trinajstić information content (AvgIpc) is 2.38. The van der Waals surface area contributed by atoms with Gasteiger partial charge in [-0.05, 0) is 17.5 Å². The van der Waals surface area contributed by atoms with Crippen molar-refractivity contribution in [1.29, 1.82) is 0 Å². The largest absolute Gasteiger partial charge is 0.477 e. The Kier molecular flexibility index (Phi) is 3.74. The number of hydrogen-bond acceptors (Lipinski definition) is 4. The topological polar surface area (TPSA) is 79.7 Å². The van der Waals surface area contributed by atoms with Crippen LogP contribution in [0.3, 0.4) is 0 Å². The number of carboxylic acids is 1. The van der Waals surface area contributed by atoms with E-state index in [1.54, 1.807) is 0 Å². The van der Waals surface area contributed by atoms with Gasteiger partial charge in [-0.1, -0.05) is 18.2 Å². The van der Waals surface area contributed by atoms with Crippen LogP contribution in [-0.4, -0.2) is 34.4 Å². The fraction of sp³-hybridized carbons (Fsp3) is 0.231. The average molecular weight is 247 g/mol. The van der Waals surface area contributed by atoms with Gasteiger partial charge in [0.25, 0.3) is 0 Å². The van der Waals surface area contributed by atoms with E-state index in [9.17, 15) is 4.79 Å². The molecule has 1 aromatic heterocycles. The standard InChI is InChI=1S/C13H13NO4/c15-6-3-7-18-12-10-5-2-1-4-9(10)8-11(14-12)13(16)17/h1-2,4-5,8,15H,3,6-7H2,(H,16,17). The molecule has 0 spiro atoms. The monoisotopic (exact) mass is 247 g/mol. The molecule has 0 amide bonds. The minimum Gasteiger partial charge on any atom is -0.477 e. The number of nitrogens with zero attached hydrogens (tertiary/aromatic N) is 1. The molecule has 18 heavy (non-hydrogen) atoms. The number of pyridine rings is 1. The summed E-state index contributed by atoms with van der Waals surface area (Å²) in [6.45, 7) is 0.327. The maximum atomic E-state index is 11.0. The number of aromatic nitrogens is 1. The van der Waals surface area contributed by atoms with E-state index in [-0.39, 0.29) is 12.3 Å². The minimum absolute atomic E-state index is 0.0244. The number of aliphatic hydroxyl groups excluding tert-OH is 1. The van der Waals surface area contributed by atoms with Gasteiger partial charge in [0.2, 0.25) is 5.88 Å². The van der Waals surface area contributed by atoms with Crippen molar-refractivity contribution in [2.24, 2.45) is 0 Å². The van der Waals surface area contributed by atoms with E-state index < -0.39 is 5.97 Å². The molecule has 2 N–H and O–H groups in total. The van der Waals surface area contributed by atoms with Gasteiger partial charge in [0, 0.05) is 18.4 Å². The second-order valence-electron chi connectivity index (χ2n) is 3.76. The second-order valence-corrected chi connectivity index (χ2v) is 3.76. The molecule has 0 saturated carbocycles. The first-order valence-corrected chi connectivity index (χ1v) is 5.59. The smallest absolute Gasteiger partial charge is 0.354 e. The van der Waals surface area contributed by atoms with Crippen LogP contribution in [0, 0.1) is 0 Å². The molecule has 0 saturated heterocycles. The van der Waals surface area contributed by atoms with Crippen LogP contribution in [-0.2, 0) is 0 Å². The number of aromatic carboxylic acids is 1. The Hall–Kier alpha value is -2.14. The van der Waals surface area contributed by atoms with Crippen molar-refractivity contribution in [2.75, 3.05) is 13.2 Å². The quantitative estimate of drug-likeness (QED) is 0.786. The van der Waals surface area contributed by atoms with E-state index in [0.717, 1.165) is 10.8 Å². The van der Waals surface area contributed by atoms with Crippen LogP contribution >= 0.6 is 0 Å². The fourth-order valence-electron chi connectivity index (χ4n) is 1.62. The summed E-state index contributed by atoms with van der Waals surface area (Å²) in [5.74, 6) is -0.799. The lowest BCUT2D eigenvalue weighted by Crippen LogP contribution is -2.06. The van der Waals surface area contributed by atoms with Gasteiger partial charge < -0.3 is 14.9 Å². The minimum atomic E-state index is -1.09. The van der Waals surface area contributed by atoms with Crippen molar-refractivity contribution in [3.05, 3.63) is 36.0 Å². The van der Waals surface area contributed by atoms with Crippen LogP contribution < -0.4 is 4.74 Å². The second kappa shape index (κ2) is 5.46. The maximum absolute atomic E-state index is 11.0. The summed E-state index contributed by atoms with van der Waals surface area (Å²) in [4.78, 5) is 14.9. The summed E-state index contributed by atoms with van der Waals surface area (Å²) in [7, 11) is 0. The molecular weight excluding hydrogens is 234 g/mol. The summed E-state index contributed by atoms with van der Waals surface area (Å²) >= 11 is 0. The molecule has 94 valence electrons. The molecule has 0 fully saturated rings. The van der Waals surface area contributed by atoms with Gasteiger partial charge in [0.15, 0.2) is 5.69 Å². The molecule has 0 atom stereocenters. The third-order valence-electron chi connectivity index (χ3n) is 2.47. The molecule has 2 aromatic rings. The normalized spacial score (nSPS) is 10.5. The summed E-state index contributed by atoms with van der Waals surface area (Å²) in [6.07, 6.45) is 0.479. The molecule has 0 bridgehead atoms. The van der Waals surface area contributed by atoms with Gasteiger partial charge >= 0.3 is 5.97 Å².